The molecule has 0 saturated carbocycles. The van der Waals surface area contributed by atoms with E-state index in [1.807, 2.05) is 0 Å². The van der Waals surface area contributed by atoms with Crippen LogP contribution in [0.25, 0.3) is 0 Å². The summed E-state index contributed by atoms with van der Waals surface area (Å²) in [6.07, 6.45) is 0. The highest BCUT2D eigenvalue weighted by atomic mass is 32.2. The molecule has 1 N–H and O–H groups in total. The van der Waals surface area contributed by atoms with Gasteiger partial charge in [0, 0.05) is 33.9 Å². The van der Waals surface area contributed by atoms with Crippen LogP contribution < -0.4 is 5.32 Å². The lowest BCUT2D eigenvalue weighted by atomic mass is 9.86. The maximum absolute atomic E-state index is 12.0. The standard InChI is InChI=1S/C16H25NOS/c1-15(2,3)13-8-6-12(7-9-13)14-10-19(18)11-16(4,5)17-14/h6-9,14,17H,10-11H2,1-5H3. The molecule has 19 heavy (non-hydrogen) atoms. The van der Waals surface area contributed by atoms with Crippen LogP contribution in [0.3, 0.4) is 0 Å². The number of hydrogen-bond acceptors (Lipinski definition) is 2. The molecule has 1 heterocycles. The molecule has 106 valence electrons. The SMILES string of the molecule is CC1(C)CS(=O)CC(c2ccc(C(C)(C)C)cc2)N1. The fourth-order valence-electron chi connectivity index (χ4n) is 2.60. The van der Waals surface area contributed by atoms with Crippen LogP contribution in [0.2, 0.25) is 0 Å². The lowest BCUT2D eigenvalue weighted by Crippen LogP contribution is -2.52. The zero-order chi connectivity index (χ0) is 14.3. The lowest BCUT2D eigenvalue weighted by Gasteiger charge is -2.37. The minimum absolute atomic E-state index is 0.0452. The van der Waals surface area contributed by atoms with E-state index in [2.05, 4.69) is 64.2 Å². The van der Waals surface area contributed by atoms with Crippen LogP contribution in [0.5, 0.6) is 0 Å². The van der Waals surface area contributed by atoms with Crippen LogP contribution in [0.1, 0.15) is 51.8 Å². The van der Waals surface area contributed by atoms with Crippen molar-refractivity contribution in [3.63, 3.8) is 0 Å². The van der Waals surface area contributed by atoms with Crippen LogP contribution in [-0.2, 0) is 16.2 Å². The van der Waals surface area contributed by atoms with Crippen molar-refractivity contribution in [2.45, 2.75) is 51.6 Å². The predicted molar refractivity (Wildman–Crippen MR) is 83.0 cm³/mol. The Morgan fingerprint density at radius 1 is 1.21 bits per heavy atom. The summed E-state index contributed by atoms with van der Waals surface area (Å²) in [5.74, 6) is 1.46. The molecular formula is C16H25NOS. The molecule has 2 unspecified atom stereocenters. The van der Waals surface area contributed by atoms with E-state index in [0.717, 1.165) is 11.5 Å². The lowest BCUT2D eigenvalue weighted by molar-refractivity contribution is 0.369. The van der Waals surface area contributed by atoms with Crippen molar-refractivity contribution < 1.29 is 4.21 Å². The Hall–Kier alpha value is -0.670. The maximum atomic E-state index is 12.0. The molecule has 0 aliphatic carbocycles. The molecule has 2 rings (SSSR count). The van der Waals surface area contributed by atoms with Crippen LogP contribution in [0.15, 0.2) is 24.3 Å². The van der Waals surface area contributed by atoms with Crippen molar-refractivity contribution in [2.75, 3.05) is 11.5 Å². The first-order chi connectivity index (χ1) is 8.67. The third-order valence-corrected chi connectivity index (χ3v) is 5.37. The van der Waals surface area contributed by atoms with E-state index in [1.165, 1.54) is 11.1 Å². The van der Waals surface area contributed by atoms with E-state index in [-0.39, 0.29) is 17.0 Å². The molecule has 2 nitrogen and oxygen atoms in total. The summed E-state index contributed by atoms with van der Waals surface area (Å²) in [4.78, 5) is 0. The van der Waals surface area contributed by atoms with Gasteiger partial charge < -0.3 is 5.32 Å². The summed E-state index contributed by atoms with van der Waals surface area (Å²) in [6.45, 7) is 10.9. The summed E-state index contributed by atoms with van der Waals surface area (Å²) < 4.78 is 12.0. The van der Waals surface area contributed by atoms with Gasteiger partial charge in [0.05, 0.1) is 0 Å². The Kier molecular flexibility index (Phi) is 3.90. The topological polar surface area (TPSA) is 29.1 Å². The molecule has 1 aromatic rings. The van der Waals surface area contributed by atoms with E-state index in [0.29, 0.717) is 0 Å². The Balaban J connectivity index is 2.20. The summed E-state index contributed by atoms with van der Waals surface area (Å²) in [7, 11) is -0.725. The molecule has 0 bridgehead atoms. The first-order valence-corrected chi connectivity index (χ1v) is 8.39. The van der Waals surface area contributed by atoms with Crippen molar-refractivity contribution in [2.24, 2.45) is 0 Å². The molecule has 1 aliphatic heterocycles. The molecule has 0 radical (unpaired) electrons. The minimum Gasteiger partial charge on any atom is -0.303 e. The van der Waals surface area contributed by atoms with Gasteiger partial charge in [0.25, 0.3) is 0 Å². The van der Waals surface area contributed by atoms with E-state index in [4.69, 9.17) is 0 Å². The zero-order valence-corrected chi connectivity index (χ0v) is 13.4. The van der Waals surface area contributed by atoms with Crippen molar-refractivity contribution in [3.8, 4) is 0 Å². The number of hydrogen-bond donors (Lipinski definition) is 1. The Morgan fingerprint density at radius 2 is 1.79 bits per heavy atom. The first kappa shape index (κ1) is 14.7. The van der Waals surface area contributed by atoms with Crippen LogP contribution >= 0.6 is 0 Å². The van der Waals surface area contributed by atoms with Gasteiger partial charge >= 0.3 is 0 Å². The summed E-state index contributed by atoms with van der Waals surface area (Å²) in [6, 6.07) is 8.95. The van der Waals surface area contributed by atoms with Gasteiger partial charge in [-0.3, -0.25) is 4.21 Å². The van der Waals surface area contributed by atoms with Gasteiger partial charge in [-0.05, 0) is 30.4 Å². The van der Waals surface area contributed by atoms with Gasteiger partial charge in [-0.2, -0.15) is 0 Å². The van der Waals surface area contributed by atoms with Crippen molar-refractivity contribution in [3.05, 3.63) is 35.4 Å². The maximum Gasteiger partial charge on any atom is 0.0441 e. The molecule has 0 amide bonds. The quantitative estimate of drug-likeness (QED) is 0.855. The monoisotopic (exact) mass is 279 g/mol. The zero-order valence-electron chi connectivity index (χ0n) is 12.6. The van der Waals surface area contributed by atoms with Gasteiger partial charge in [0.15, 0.2) is 0 Å². The summed E-state index contributed by atoms with van der Waals surface area (Å²) in [5, 5.41) is 3.60. The molecule has 2 atom stereocenters. The third-order valence-electron chi connectivity index (χ3n) is 3.62. The average Bonchev–Trinajstić information content (AvgIpc) is 2.25. The molecule has 0 aromatic heterocycles. The smallest absolute Gasteiger partial charge is 0.0441 e. The first-order valence-electron chi connectivity index (χ1n) is 6.90. The van der Waals surface area contributed by atoms with Crippen LogP contribution in [-0.4, -0.2) is 21.3 Å². The molecule has 1 saturated heterocycles. The van der Waals surface area contributed by atoms with Crippen LogP contribution in [0, 0.1) is 0 Å². The number of nitrogens with one attached hydrogen (secondary N) is 1. The molecule has 1 fully saturated rings. The van der Waals surface area contributed by atoms with E-state index in [1.54, 1.807) is 0 Å². The van der Waals surface area contributed by atoms with E-state index >= 15 is 0 Å². The van der Waals surface area contributed by atoms with Crippen molar-refractivity contribution in [1.29, 1.82) is 0 Å². The second-order valence-corrected chi connectivity index (χ2v) is 8.71. The fraction of sp³-hybridized carbons (Fsp3) is 0.625. The molecule has 0 spiro atoms. The molecule has 1 aliphatic rings. The highest BCUT2D eigenvalue weighted by Gasteiger charge is 2.32. The number of benzene rings is 1. The molecule has 3 heteroatoms. The second-order valence-electron chi connectivity index (χ2n) is 7.20. The summed E-state index contributed by atoms with van der Waals surface area (Å²) >= 11 is 0. The van der Waals surface area contributed by atoms with Gasteiger partial charge in [0.1, 0.15) is 0 Å². The average molecular weight is 279 g/mol. The fourth-order valence-corrected chi connectivity index (χ4v) is 4.25. The third kappa shape index (κ3) is 3.67. The highest BCUT2D eigenvalue weighted by Crippen LogP contribution is 2.27. The Labute approximate surface area is 119 Å². The van der Waals surface area contributed by atoms with Crippen LogP contribution in [0.4, 0.5) is 0 Å². The summed E-state index contributed by atoms with van der Waals surface area (Å²) in [5.41, 5.74) is 2.72. The van der Waals surface area contributed by atoms with Crippen molar-refractivity contribution >= 4 is 10.8 Å². The highest BCUT2D eigenvalue weighted by molar-refractivity contribution is 7.85. The van der Waals surface area contributed by atoms with Gasteiger partial charge in [-0.1, -0.05) is 45.0 Å². The van der Waals surface area contributed by atoms with Gasteiger partial charge in [-0.15, -0.1) is 0 Å². The predicted octanol–water partition coefficient (Wildman–Crippen LogP) is 3.16. The van der Waals surface area contributed by atoms with Crippen molar-refractivity contribution in [1.82, 2.24) is 5.32 Å². The normalized spacial score (nSPS) is 27.2. The van der Waals surface area contributed by atoms with Gasteiger partial charge in [-0.25, -0.2) is 0 Å². The minimum atomic E-state index is -0.725. The van der Waals surface area contributed by atoms with E-state index < -0.39 is 10.8 Å². The molecular weight excluding hydrogens is 254 g/mol. The molecule has 1 aromatic carbocycles. The van der Waals surface area contributed by atoms with Gasteiger partial charge in [0.2, 0.25) is 0 Å². The second kappa shape index (κ2) is 5.02. The Morgan fingerprint density at radius 3 is 2.26 bits per heavy atom. The Bertz CT molecular complexity index is 471. The van der Waals surface area contributed by atoms with E-state index in [9.17, 15) is 4.21 Å². The number of rotatable bonds is 1. The largest absolute Gasteiger partial charge is 0.303 e.